The van der Waals surface area contributed by atoms with E-state index in [9.17, 15) is 5.11 Å². The van der Waals surface area contributed by atoms with E-state index in [-0.39, 0.29) is 5.92 Å². The molecule has 1 atom stereocenters. The third kappa shape index (κ3) is 6.48. The second-order valence-corrected chi connectivity index (χ2v) is 6.81. The van der Waals surface area contributed by atoms with E-state index < -0.39 is 5.60 Å². The first kappa shape index (κ1) is 18.0. The molecular formula is C20H32O. The first-order valence-electron chi connectivity index (χ1n) is 8.23. The minimum Gasteiger partial charge on any atom is -0.386 e. The second-order valence-electron chi connectivity index (χ2n) is 6.81. The van der Waals surface area contributed by atoms with Crippen molar-refractivity contribution in [2.75, 3.05) is 0 Å². The monoisotopic (exact) mass is 288 g/mol. The van der Waals surface area contributed by atoms with E-state index >= 15 is 0 Å². The zero-order chi connectivity index (χ0) is 15.9. The highest BCUT2D eigenvalue weighted by atomic mass is 16.3. The Bertz CT molecular complexity index is 448. The van der Waals surface area contributed by atoms with E-state index in [0.29, 0.717) is 0 Å². The van der Waals surface area contributed by atoms with E-state index in [1.165, 1.54) is 16.7 Å². The van der Waals surface area contributed by atoms with Crippen molar-refractivity contribution < 1.29 is 5.11 Å². The molecule has 0 amide bonds. The lowest BCUT2D eigenvalue weighted by molar-refractivity contribution is 0.0356. The van der Waals surface area contributed by atoms with Crippen LogP contribution in [0.3, 0.4) is 0 Å². The standard InChI is InChI=1S/C20H32O/c1-16(2)20(21)14-7-10-18(4)12-11-17(3)8-6-9-19(5)13-15-20/h9-11,13,15-16,21H,6-8,12,14H2,1-5H3. The summed E-state index contributed by atoms with van der Waals surface area (Å²) in [4.78, 5) is 0. The van der Waals surface area contributed by atoms with Gasteiger partial charge >= 0.3 is 0 Å². The summed E-state index contributed by atoms with van der Waals surface area (Å²) in [6.45, 7) is 10.7. The molecule has 0 aromatic carbocycles. The van der Waals surface area contributed by atoms with Crippen LogP contribution >= 0.6 is 0 Å². The van der Waals surface area contributed by atoms with E-state index in [2.05, 4.69) is 58.9 Å². The number of hydrogen-bond acceptors (Lipinski definition) is 1. The fraction of sp³-hybridized carbons (Fsp3) is 0.600. The number of rotatable bonds is 1. The van der Waals surface area contributed by atoms with Gasteiger partial charge in [-0.2, -0.15) is 0 Å². The molecule has 0 fully saturated rings. The Kier molecular flexibility index (Phi) is 7.17. The largest absolute Gasteiger partial charge is 0.386 e. The van der Waals surface area contributed by atoms with Crippen molar-refractivity contribution in [3.63, 3.8) is 0 Å². The number of aliphatic hydroxyl groups is 1. The van der Waals surface area contributed by atoms with Crippen molar-refractivity contribution in [3.8, 4) is 0 Å². The molecule has 0 bridgehead atoms. The van der Waals surface area contributed by atoms with Gasteiger partial charge in [0, 0.05) is 0 Å². The molecular weight excluding hydrogens is 256 g/mol. The maximum absolute atomic E-state index is 10.8. The Morgan fingerprint density at radius 1 is 1.00 bits per heavy atom. The maximum atomic E-state index is 10.8. The van der Waals surface area contributed by atoms with Gasteiger partial charge < -0.3 is 5.11 Å². The third-order valence-electron chi connectivity index (χ3n) is 4.45. The first-order chi connectivity index (χ1) is 9.83. The number of hydrogen-bond donors (Lipinski definition) is 1. The summed E-state index contributed by atoms with van der Waals surface area (Å²) in [5.41, 5.74) is 3.40. The number of allylic oxidation sites excluding steroid dienone is 7. The van der Waals surface area contributed by atoms with Crippen LogP contribution in [0, 0.1) is 5.92 Å². The topological polar surface area (TPSA) is 20.2 Å². The average molecular weight is 288 g/mol. The van der Waals surface area contributed by atoms with Crippen LogP contribution in [-0.4, -0.2) is 10.7 Å². The molecule has 0 spiro atoms. The Balaban J connectivity index is 2.96. The Hall–Kier alpha value is -1.08. The molecule has 0 saturated carbocycles. The summed E-state index contributed by atoms with van der Waals surface area (Å²) in [7, 11) is 0. The van der Waals surface area contributed by atoms with Crippen LogP contribution < -0.4 is 0 Å². The van der Waals surface area contributed by atoms with Crippen molar-refractivity contribution >= 4 is 0 Å². The summed E-state index contributed by atoms with van der Waals surface area (Å²) < 4.78 is 0. The van der Waals surface area contributed by atoms with E-state index in [1.54, 1.807) is 0 Å². The van der Waals surface area contributed by atoms with Gasteiger partial charge in [-0.3, -0.25) is 0 Å². The molecule has 0 radical (unpaired) electrons. The molecule has 0 aromatic rings. The van der Waals surface area contributed by atoms with E-state index in [1.807, 2.05) is 6.08 Å². The summed E-state index contributed by atoms with van der Waals surface area (Å²) in [6, 6.07) is 0. The van der Waals surface area contributed by atoms with Crippen molar-refractivity contribution in [2.24, 2.45) is 5.92 Å². The first-order valence-corrected chi connectivity index (χ1v) is 8.23. The molecule has 1 aliphatic rings. The molecule has 0 aromatic heterocycles. The predicted molar refractivity (Wildman–Crippen MR) is 93.3 cm³/mol. The minimum absolute atomic E-state index is 0.227. The molecule has 1 unspecified atom stereocenters. The fourth-order valence-electron chi connectivity index (χ4n) is 2.51. The van der Waals surface area contributed by atoms with Gasteiger partial charge in [-0.1, -0.05) is 60.9 Å². The minimum atomic E-state index is -0.707. The lowest BCUT2D eigenvalue weighted by Crippen LogP contribution is -2.32. The second kappa shape index (κ2) is 8.38. The van der Waals surface area contributed by atoms with Gasteiger partial charge in [-0.15, -0.1) is 0 Å². The van der Waals surface area contributed by atoms with Crippen molar-refractivity contribution in [2.45, 2.75) is 72.3 Å². The zero-order valence-corrected chi connectivity index (χ0v) is 14.4. The lowest BCUT2D eigenvalue weighted by Gasteiger charge is -2.29. The molecule has 0 heterocycles. The van der Waals surface area contributed by atoms with Gasteiger partial charge in [0.2, 0.25) is 0 Å². The van der Waals surface area contributed by atoms with Gasteiger partial charge in [0.25, 0.3) is 0 Å². The fourth-order valence-corrected chi connectivity index (χ4v) is 2.51. The highest BCUT2D eigenvalue weighted by molar-refractivity contribution is 5.21. The zero-order valence-electron chi connectivity index (χ0n) is 14.4. The summed E-state index contributed by atoms with van der Waals surface area (Å²) in [6.07, 6.45) is 15.9. The van der Waals surface area contributed by atoms with Crippen LogP contribution in [0.5, 0.6) is 0 Å². The van der Waals surface area contributed by atoms with Crippen LogP contribution in [-0.2, 0) is 0 Å². The maximum Gasteiger partial charge on any atom is 0.0856 e. The molecule has 1 rings (SSSR count). The van der Waals surface area contributed by atoms with Crippen LogP contribution in [0.4, 0.5) is 0 Å². The smallest absolute Gasteiger partial charge is 0.0856 e. The molecule has 1 N–H and O–H groups in total. The Labute approximate surface area is 131 Å². The van der Waals surface area contributed by atoms with E-state index in [0.717, 1.165) is 32.1 Å². The molecule has 0 aliphatic heterocycles. The summed E-state index contributed by atoms with van der Waals surface area (Å²) >= 11 is 0. The quantitative estimate of drug-likeness (QED) is 0.611. The van der Waals surface area contributed by atoms with Gasteiger partial charge in [0.1, 0.15) is 0 Å². The van der Waals surface area contributed by atoms with Gasteiger partial charge in [0.05, 0.1) is 5.60 Å². The van der Waals surface area contributed by atoms with Gasteiger partial charge in [-0.25, -0.2) is 0 Å². The van der Waals surface area contributed by atoms with Crippen LogP contribution in [0.25, 0.3) is 0 Å². The molecule has 1 aliphatic carbocycles. The van der Waals surface area contributed by atoms with Gasteiger partial charge in [0.15, 0.2) is 0 Å². The molecule has 21 heavy (non-hydrogen) atoms. The Morgan fingerprint density at radius 3 is 2.38 bits per heavy atom. The predicted octanol–water partition coefficient (Wildman–Crippen LogP) is 5.73. The SMILES string of the molecule is CC1=CCCC(C)=CCC(C)=CCCC(O)(C(C)C)C=C1. The van der Waals surface area contributed by atoms with Crippen molar-refractivity contribution in [1.29, 1.82) is 0 Å². The van der Waals surface area contributed by atoms with E-state index in [4.69, 9.17) is 0 Å². The average Bonchev–Trinajstić information content (AvgIpc) is 2.42. The van der Waals surface area contributed by atoms with Gasteiger partial charge in [-0.05, 0) is 58.8 Å². The van der Waals surface area contributed by atoms with Crippen molar-refractivity contribution in [1.82, 2.24) is 0 Å². The highest BCUT2D eigenvalue weighted by Gasteiger charge is 2.26. The normalized spacial score (nSPS) is 26.0. The summed E-state index contributed by atoms with van der Waals surface area (Å²) in [5, 5.41) is 10.8. The Morgan fingerprint density at radius 2 is 1.71 bits per heavy atom. The van der Waals surface area contributed by atoms with Crippen LogP contribution in [0.15, 0.2) is 47.1 Å². The molecule has 1 heteroatoms. The van der Waals surface area contributed by atoms with Crippen molar-refractivity contribution in [3.05, 3.63) is 47.1 Å². The molecule has 118 valence electrons. The summed E-state index contributed by atoms with van der Waals surface area (Å²) in [5.74, 6) is 0.227. The third-order valence-corrected chi connectivity index (χ3v) is 4.45. The van der Waals surface area contributed by atoms with Crippen LogP contribution in [0.1, 0.15) is 66.7 Å². The lowest BCUT2D eigenvalue weighted by atomic mass is 9.84. The molecule has 0 saturated heterocycles. The highest BCUT2D eigenvalue weighted by Crippen LogP contribution is 2.26. The molecule has 1 nitrogen and oxygen atoms in total. The van der Waals surface area contributed by atoms with Crippen LogP contribution in [0.2, 0.25) is 0 Å².